The smallest absolute Gasteiger partial charge is 0.337 e. The van der Waals surface area contributed by atoms with Crippen molar-refractivity contribution in [2.24, 2.45) is 0 Å². The molecule has 0 aliphatic carbocycles. The number of anilines is 1. The molecule has 2 amide bonds. The minimum Gasteiger partial charge on any atom is -0.478 e. The number of carbonyl (C=O) groups is 2. The van der Waals surface area contributed by atoms with Crippen LogP contribution in [0, 0.1) is 0 Å². The van der Waals surface area contributed by atoms with Gasteiger partial charge in [-0.05, 0) is 41.9 Å². The van der Waals surface area contributed by atoms with Gasteiger partial charge in [-0.2, -0.15) is 0 Å². The average Bonchev–Trinajstić information content (AvgIpc) is 2.39. The lowest BCUT2D eigenvalue weighted by Gasteiger charge is -2.38. The van der Waals surface area contributed by atoms with E-state index in [-0.39, 0.29) is 17.3 Å². The number of carboxylic acids is 1. The van der Waals surface area contributed by atoms with Crippen LogP contribution in [-0.4, -0.2) is 47.3 Å². The van der Waals surface area contributed by atoms with Crippen LogP contribution in [0.25, 0.3) is 0 Å². The molecule has 0 unspecified atom stereocenters. The highest BCUT2D eigenvalue weighted by Gasteiger charge is 2.30. The standard InChI is InChI=1S/C14H17BrN2O4/c1-14(2)8-17(6-7-21-14)13(20)16-11-9(12(18)19)4-3-5-10(11)15/h3-5H,6-8H2,1-2H3,(H,16,20)(H,18,19). The van der Waals surface area contributed by atoms with Gasteiger partial charge in [0.1, 0.15) is 0 Å². The summed E-state index contributed by atoms with van der Waals surface area (Å²) in [6, 6.07) is 4.42. The highest BCUT2D eigenvalue weighted by molar-refractivity contribution is 9.10. The molecular weight excluding hydrogens is 340 g/mol. The summed E-state index contributed by atoms with van der Waals surface area (Å²) in [7, 11) is 0. The van der Waals surface area contributed by atoms with Crippen LogP contribution < -0.4 is 5.32 Å². The number of halogens is 1. The first-order valence-corrected chi connectivity index (χ1v) is 7.31. The second kappa shape index (κ2) is 6.03. The predicted molar refractivity (Wildman–Crippen MR) is 81.7 cm³/mol. The number of hydrogen-bond donors (Lipinski definition) is 2. The molecule has 1 heterocycles. The van der Waals surface area contributed by atoms with Gasteiger partial charge in [-0.25, -0.2) is 9.59 Å². The Labute approximate surface area is 131 Å². The zero-order valence-corrected chi connectivity index (χ0v) is 13.4. The number of hydrogen-bond acceptors (Lipinski definition) is 3. The van der Waals surface area contributed by atoms with Crippen molar-refractivity contribution in [1.82, 2.24) is 4.90 Å². The molecule has 1 aromatic rings. The molecule has 7 heteroatoms. The number of ether oxygens (including phenoxy) is 1. The number of rotatable bonds is 2. The molecular formula is C14H17BrN2O4. The molecule has 0 atom stereocenters. The maximum absolute atomic E-state index is 12.3. The summed E-state index contributed by atoms with van der Waals surface area (Å²) in [5, 5.41) is 11.9. The maximum atomic E-state index is 12.3. The van der Waals surface area contributed by atoms with Gasteiger partial charge in [-0.3, -0.25) is 0 Å². The fraction of sp³-hybridized carbons (Fsp3) is 0.429. The van der Waals surface area contributed by atoms with Crippen LogP contribution in [0.2, 0.25) is 0 Å². The highest BCUT2D eigenvalue weighted by atomic mass is 79.9. The van der Waals surface area contributed by atoms with E-state index in [1.54, 1.807) is 17.0 Å². The molecule has 1 fully saturated rings. The number of carboxylic acid groups (broad SMARTS) is 1. The molecule has 1 aliphatic rings. The Morgan fingerprint density at radius 3 is 2.76 bits per heavy atom. The molecule has 21 heavy (non-hydrogen) atoms. The number of benzene rings is 1. The first-order chi connectivity index (χ1) is 9.80. The number of urea groups is 1. The van der Waals surface area contributed by atoms with E-state index in [1.807, 2.05) is 13.8 Å². The van der Waals surface area contributed by atoms with Crippen LogP contribution in [0.15, 0.2) is 22.7 Å². The summed E-state index contributed by atoms with van der Waals surface area (Å²) in [6.07, 6.45) is 0. The van der Waals surface area contributed by atoms with Gasteiger partial charge in [-0.1, -0.05) is 6.07 Å². The van der Waals surface area contributed by atoms with E-state index < -0.39 is 11.6 Å². The van der Waals surface area contributed by atoms with Crippen molar-refractivity contribution >= 4 is 33.6 Å². The van der Waals surface area contributed by atoms with Crippen molar-refractivity contribution in [3.63, 3.8) is 0 Å². The summed E-state index contributed by atoms with van der Waals surface area (Å²) in [5.74, 6) is -1.09. The topological polar surface area (TPSA) is 78.9 Å². The lowest BCUT2D eigenvalue weighted by atomic mass is 10.1. The van der Waals surface area contributed by atoms with Crippen LogP contribution in [-0.2, 0) is 4.74 Å². The van der Waals surface area contributed by atoms with E-state index in [1.165, 1.54) is 6.07 Å². The largest absolute Gasteiger partial charge is 0.478 e. The molecule has 0 bridgehead atoms. The molecule has 1 saturated heterocycles. The van der Waals surface area contributed by atoms with Gasteiger partial charge in [0.05, 0.1) is 30.0 Å². The normalized spacial score (nSPS) is 17.4. The highest BCUT2D eigenvalue weighted by Crippen LogP contribution is 2.27. The number of nitrogens with one attached hydrogen (secondary N) is 1. The molecule has 0 spiro atoms. The number of carbonyl (C=O) groups excluding carboxylic acids is 1. The second-order valence-electron chi connectivity index (χ2n) is 5.43. The molecule has 1 aromatic carbocycles. The van der Waals surface area contributed by atoms with Crippen molar-refractivity contribution in [3.8, 4) is 0 Å². The van der Waals surface area contributed by atoms with E-state index in [0.717, 1.165) is 0 Å². The monoisotopic (exact) mass is 356 g/mol. The van der Waals surface area contributed by atoms with Gasteiger partial charge < -0.3 is 20.1 Å². The Morgan fingerprint density at radius 1 is 1.43 bits per heavy atom. The zero-order valence-electron chi connectivity index (χ0n) is 11.9. The Morgan fingerprint density at radius 2 is 2.14 bits per heavy atom. The zero-order chi connectivity index (χ0) is 15.6. The summed E-state index contributed by atoms with van der Waals surface area (Å²) in [6.45, 7) is 5.21. The number of morpholine rings is 1. The van der Waals surface area contributed by atoms with Gasteiger partial charge in [0, 0.05) is 11.0 Å². The van der Waals surface area contributed by atoms with Gasteiger partial charge >= 0.3 is 12.0 Å². The SMILES string of the molecule is CC1(C)CN(C(=O)Nc2c(Br)cccc2C(=O)O)CCO1. The summed E-state index contributed by atoms with van der Waals surface area (Å²) in [4.78, 5) is 25.2. The number of aromatic carboxylic acids is 1. The number of nitrogens with zero attached hydrogens (tertiary/aromatic N) is 1. The van der Waals surface area contributed by atoms with E-state index in [2.05, 4.69) is 21.2 Å². The van der Waals surface area contributed by atoms with E-state index in [9.17, 15) is 14.7 Å². The summed E-state index contributed by atoms with van der Waals surface area (Å²) >= 11 is 3.27. The van der Waals surface area contributed by atoms with Gasteiger partial charge in [-0.15, -0.1) is 0 Å². The number of para-hydroxylation sites is 1. The Hall–Kier alpha value is -1.60. The first-order valence-electron chi connectivity index (χ1n) is 6.52. The fourth-order valence-corrected chi connectivity index (χ4v) is 2.67. The quantitative estimate of drug-likeness (QED) is 0.853. The Balaban J connectivity index is 2.18. The van der Waals surface area contributed by atoms with Crippen LogP contribution in [0.1, 0.15) is 24.2 Å². The molecule has 1 aliphatic heterocycles. The molecule has 114 valence electrons. The second-order valence-corrected chi connectivity index (χ2v) is 6.28. The summed E-state index contributed by atoms with van der Waals surface area (Å²) < 4.78 is 6.09. The molecule has 0 aromatic heterocycles. The Bertz CT molecular complexity index is 574. The average molecular weight is 357 g/mol. The lowest BCUT2D eigenvalue weighted by molar-refractivity contribution is -0.0720. The Kier molecular flexibility index (Phi) is 4.53. The first kappa shape index (κ1) is 15.8. The van der Waals surface area contributed by atoms with Gasteiger partial charge in [0.25, 0.3) is 0 Å². The predicted octanol–water partition coefficient (Wildman–Crippen LogP) is 2.79. The molecule has 6 nitrogen and oxygen atoms in total. The molecule has 0 radical (unpaired) electrons. The third kappa shape index (κ3) is 3.74. The van der Waals surface area contributed by atoms with E-state index in [4.69, 9.17) is 4.74 Å². The van der Waals surface area contributed by atoms with Gasteiger partial charge in [0.2, 0.25) is 0 Å². The van der Waals surface area contributed by atoms with Crippen molar-refractivity contribution in [2.45, 2.75) is 19.4 Å². The molecule has 0 saturated carbocycles. The van der Waals surface area contributed by atoms with Crippen molar-refractivity contribution in [3.05, 3.63) is 28.2 Å². The van der Waals surface area contributed by atoms with Crippen LogP contribution in [0.3, 0.4) is 0 Å². The minimum absolute atomic E-state index is 0.0465. The van der Waals surface area contributed by atoms with E-state index in [0.29, 0.717) is 24.2 Å². The minimum atomic E-state index is -1.09. The number of amides is 2. The third-order valence-corrected chi connectivity index (χ3v) is 3.85. The van der Waals surface area contributed by atoms with Crippen molar-refractivity contribution in [2.75, 3.05) is 25.0 Å². The van der Waals surface area contributed by atoms with Crippen LogP contribution in [0.4, 0.5) is 10.5 Å². The fourth-order valence-electron chi connectivity index (χ4n) is 2.21. The van der Waals surface area contributed by atoms with Gasteiger partial charge in [0.15, 0.2) is 0 Å². The lowest BCUT2D eigenvalue weighted by Crippen LogP contribution is -2.51. The van der Waals surface area contributed by atoms with Crippen LogP contribution >= 0.6 is 15.9 Å². The molecule has 2 rings (SSSR count). The van der Waals surface area contributed by atoms with Crippen molar-refractivity contribution < 1.29 is 19.4 Å². The third-order valence-electron chi connectivity index (χ3n) is 3.19. The molecule has 2 N–H and O–H groups in total. The van der Waals surface area contributed by atoms with Crippen LogP contribution in [0.5, 0.6) is 0 Å². The maximum Gasteiger partial charge on any atom is 0.337 e. The van der Waals surface area contributed by atoms with Crippen molar-refractivity contribution in [1.29, 1.82) is 0 Å². The summed E-state index contributed by atoms with van der Waals surface area (Å²) in [5.41, 5.74) is -0.0939. The van der Waals surface area contributed by atoms with E-state index >= 15 is 0 Å².